The second-order valence-corrected chi connectivity index (χ2v) is 7.81. The van der Waals surface area contributed by atoms with Gasteiger partial charge >= 0.3 is 0 Å². The fraction of sp³-hybridized carbons (Fsp3) is 0.115. The first-order valence-corrected chi connectivity index (χ1v) is 10.9. The van der Waals surface area contributed by atoms with Gasteiger partial charge in [-0.3, -0.25) is 14.4 Å². The summed E-state index contributed by atoms with van der Waals surface area (Å²) in [5.41, 5.74) is 7.41. The van der Waals surface area contributed by atoms with Gasteiger partial charge in [-0.25, -0.2) is 0 Å². The first-order chi connectivity index (χ1) is 17.0. The minimum atomic E-state index is -0.704. The summed E-state index contributed by atoms with van der Waals surface area (Å²) in [4.78, 5) is 36.8. The summed E-state index contributed by atoms with van der Waals surface area (Å²) in [6.07, 6.45) is 0. The van der Waals surface area contributed by atoms with Gasteiger partial charge in [0, 0.05) is 5.39 Å². The molecule has 3 aromatic carbocycles. The number of carbonyl (C=O) groups excluding carboxylic acids is 3. The van der Waals surface area contributed by atoms with E-state index >= 15 is 0 Å². The molecular formula is C26H23N5O4. The first-order valence-electron chi connectivity index (χ1n) is 10.9. The third-order valence-corrected chi connectivity index (χ3v) is 5.43. The molecule has 3 amide bonds. The maximum atomic E-state index is 13.0. The van der Waals surface area contributed by atoms with Crippen LogP contribution in [-0.4, -0.2) is 33.9 Å². The summed E-state index contributed by atoms with van der Waals surface area (Å²) in [7, 11) is 0. The molecule has 0 saturated carbocycles. The molecule has 0 saturated heterocycles. The lowest BCUT2D eigenvalue weighted by molar-refractivity contribution is -0.125. The van der Waals surface area contributed by atoms with Crippen molar-refractivity contribution in [2.45, 2.75) is 12.5 Å². The topological polar surface area (TPSA) is 139 Å². The fourth-order valence-corrected chi connectivity index (χ4v) is 3.88. The number of amides is 3. The third-order valence-electron chi connectivity index (χ3n) is 5.43. The van der Waals surface area contributed by atoms with E-state index in [2.05, 4.69) is 15.5 Å². The van der Waals surface area contributed by atoms with Crippen LogP contribution < -0.4 is 11.1 Å². The Morgan fingerprint density at radius 3 is 2.06 bits per heavy atom. The van der Waals surface area contributed by atoms with E-state index in [9.17, 15) is 19.5 Å². The molecular weight excluding hydrogens is 446 g/mol. The smallest absolute Gasteiger partial charge is 0.283 e. The number of fused-ring (bicyclic) bond motifs is 1. The number of aromatic nitrogens is 1. The van der Waals surface area contributed by atoms with Crippen LogP contribution in [0.2, 0.25) is 0 Å². The van der Waals surface area contributed by atoms with Crippen molar-refractivity contribution in [2.75, 3.05) is 6.54 Å². The SMILES string of the molecule is NC(=O)Cn1c(O)c(N=NC(=O)CNC(=O)C(c2ccccc2)c2ccccc2)c2ccccc21. The molecule has 35 heavy (non-hydrogen) atoms. The Hall–Kier alpha value is -4.79. The lowest BCUT2D eigenvalue weighted by Gasteiger charge is -2.17. The molecule has 9 nitrogen and oxygen atoms in total. The van der Waals surface area contributed by atoms with Gasteiger partial charge < -0.3 is 20.7 Å². The molecule has 0 aliphatic rings. The Morgan fingerprint density at radius 2 is 1.46 bits per heavy atom. The van der Waals surface area contributed by atoms with Gasteiger partial charge in [-0.15, -0.1) is 10.2 Å². The Morgan fingerprint density at radius 1 is 0.886 bits per heavy atom. The maximum Gasteiger partial charge on any atom is 0.283 e. The molecule has 0 fully saturated rings. The molecule has 1 heterocycles. The van der Waals surface area contributed by atoms with E-state index in [1.165, 1.54) is 4.57 Å². The molecule has 1 aromatic heterocycles. The van der Waals surface area contributed by atoms with Crippen LogP contribution in [0.25, 0.3) is 10.9 Å². The number of rotatable bonds is 8. The van der Waals surface area contributed by atoms with Gasteiger partial charge in [-0.1, -0.05) is 78.9 Å². The maximum absolute atomic E-state index is 13.0. The predicted octanol–water partition coefficient (Wildman–Crippen LogP) is 3.39. The van der Waals surface area contributed by atoms with Crippen molar-refractivity contribution in [3.05, 3.63) is 96.1 Å². The number of hydrogen-bond donors (Lipinski definition) is 3. The van der Waals surface area contributed by atoms with Gasteiger partial charge in [0.2, 0.25) is 17.7 Å². The minimum Gasteiger partial charge on any atom is -0.493 e. The first kappa shape index (κ1) is 23.4. The highest BCUT2D eigenvalue weighted by Gasteiger charge is 2.23. The van der Waals surface area contributed by atoms with Gasteiger partial charge in [-0.05, 0) is 17.2 Å². The van der Waals surface area contributed by atoms with Crippen LogP contribution in [0.5, 0.6) is 5.88 Å². The lowest BCUT2D eigenvalue weighted by atomic mass is 9.90. The normalized spacial score (nSPS) is 11.2. The number of carbonyl (C=O) groups is 3. The second kappa shape index (κ2) is 10.4. The van der Waals surface area contributed by atoms with Crippen LogP contribution in [0, 0.1) is 0 Å². The fourth-order valence-electron chi connectivity index (χ4n) is 3.88. The quantitative estimate of drug-likeness (QED) is 0.340. The average Bonchev–Trinajstić information content (AvgIpc) is 3.13. The van der Waals surface area contributed by atoms with Crippen molar-refractivity contribution in [1.82, 2.24) is 9.88 Å². The molecule has 9 heteroatoms. The van der Waals surface area contributed by atoms with Gasteiger partial charge in [0.25, 0.3) is 5.91 Å². The van der Waals surface area contributed by atoms with Gasteiger partial charge in [-0.2, -0.15) is 0 Å². The molecule has 0 aliphatic carbocycles. The largest absolute Gasteiger partial charge is 0.493 e. The summed E-state index contributed by atoms with van der Waals surface area (Å²) in [6, 6.07) is 25.3. The number of nitrogens with one attached hydrogen (secondary N) is 1. The highest BCUT2D eigenvalue weighted by molar-refractivity contribution is 5.96. The average molecular weight is 470 g/mol. The Labute approximate surface area is 200 Å². The highest BCUT2D eigenvalue weighted by atomic mass is 16.3. The second-order valence-electron chi connectivity index (χ2n) is 7.81. The van der Waals surface area contributed by atoms with Crippen molar-refractivity contribution < 1.29 is 19.5 Å². The van der Waals surface area contributed by atoms with E-state index in [1.54, 1.807) is 24.3 Å². The van der Waals surface area contributed by atoms with Crippen molar-refractivity contribution in [3.8, 4) is 5.88 Å². The molecule has 176 valence electrons. The summed E-state index contributed by atoms with van der Waals surface area (Å²) >= 11 is 0. The Balaban J connectivity index is 1.51. The molecule has 4 aromatic rings. The van der Waals surface area contributed by atoms with Crippen LogP contribution in [0.3, 0.4) is 0 Å². The summed E-state index contributed by atoms with van der Waals surface area (Å²) in [5, 5.41) is 21.2. The van der Waals surface area contributed by atoms with Crippen LogP contribution in [0.1, 0.15) is 17.0 Å². The van der Waals surface area contributed by atoms with Gasteiger partial charge in [0.1, 0.15) is 13.1 Å². The van der Waals surface area contributed by atoms with Crippen LogP contribution in [0.15, 0.2) is 95.2 Å². The number of nitrogens with zero attached hydrogens (tertiary/aromatic N) is 3. The molecule has 0 atom stereocenters. The number of benzene rings is 3. The van der Waals surface area contributed by atoms with E-state index in [1.807, 2.05) is 60.7 Å². The third kappa shape index (κ3) is 5.25. The predicted molar refractivity (Wildman–Crippen MR) is 130 cm³/mol. The van der Waals surface area contributed by atoms with Crippen LogP contribution >= 0.6 is 0 Å². The number of nitrogens with two attached hydrogens (primary N) is 1. The molecule has 4 rings (SSSR count). The van der Waals surface area contributed by atoms with Crippen molar-refractivity contribution in [1.29, 1.82) is 0 Å². The number of hydrogen-bond acceptors (Lipinski definition) is 5. The summed E-state index contributed by atoms with van der Waals surface area (Å²) < 4.78 is 1.29. The van der Waals surface area contributed by atoms with Crippen molar-refractivity contribution in [2.24, 2.45) is 16.0 Å². The van der Waals surface area contributed by atoms with E-state index in [0.717, 1.165) is 11.1 Å². The molecule has 4 N–H and O–H groups in total. The minimum absolute atomic E-state index is 0.0352. The van der Waals surface area contributed by atoms with Crippen LogP contribution in [-0.2, 0) is 20.9 Å². The Bertz CT molecular complexity index is 1360. The monoisotopic (exact) mass is 469 g/mol. The molecule has 0 radical (unpaired) electrons. The summed E-state index contributed by atoms with van der Waals surface area (Å²) in [5.74, 6) is -2.64. The van der Waals surface area contributed by atoms with Crippen molar-refractivity contribution >= 4 is 34.3 Å². The van der Waals surface area contributed by atoms with Crippen molar-refractivity contribution in [3.63, 3.8) is 0 Å². The molecule has 0 spiro atoms. The van der Waals surface area contributed by atoms with E-state index < -0.39 is 17.7 Å². The van der Waals surface area contributed by atoms with Crippen LogP contribution in [0.4, 0.5) is 5.69 Å². The zero-order chi connectivity index (χ0) is 24.8. The van der Waals surface area contributed by atoms with E-state index in [0.29, 0.717) is 10.9 Å². The van der Waals surface area contributed by atoms with Gasteiger partial charge in [0.05, 0.1) is 11.4 Å². The zero-order valence-electron chi connectivity index (χ0n) is 18.7. The zero-order valence-corrected chi connectivity index (χ0v) is 18.7. The van der Waals surface area contributed by atoms with Gasteiger partial charge in [0.15, 0.2) is 5.69 Å². The number of azo groups is 1. The lowest BCUT2D eigenvalue weighted by Crippen LogP contribution is -2.33. The molecule has 0 bridgehead atoms. The Kier molecular flexibility index (Phi) is 6.96. The number of para-hydroxylation sites is 1. The van der Waals surface area contributed by atoms with E-state index in [-0.39, 0.29) is 30.6 Å². The molecule has 0 unspecified atom stereocenters. The molecule has 0 aliphatic heterocycles. The number of aromatic hydroxyl groups is 1. The van der Waals surface area contributed by atoms with E-state index in [4.69, 9.17) is 5.73 Å². The standard InChI is InChI=1S/C26H23N5O4/c27-21(32)16-31-20-14-8-7-13-19(20)24(26(31)35)30-29-22(33)15-28-25(34)23(17-9-3-1-4-10-17)18-11-5-2-6-12-18/h1-14,23,35H,15-16H2,(H2,27,32)(H,28,34). The summed E-state index contributed by atoms with van der Waals surface area (Å²) in [6.45, 7) is -0.634. The number of primary amides is 1. The highest BCUT2D eigenvalue weighted by Crippen LogP contribution is 2.38.